The number of nitrogen functional groups attached to an aromatic ring is 1. The molecule has 7 nitrogen and oxygen atoms in total. The highest BCUT2D eigenvalue weighted by Crippen LogP contribution is 2.19. The lowest BCUT2D eigenvalue weighted by atomic mass is 10.2. The third kappa shape index (κ3) is 5.25. The molecule has 120 valence electrons. The van der Waals surface area contributed by atoms with Crippen molar-refractivity contribution in [2.24, 2.45) is 0 Å². The van der Waals surface area contributed by atoms with E-state index in [1.54, 1.807) is 13.8 Å². The first-order valence-corrected chi connectivity index (χ1v) is 6.96. The number of anilines is 1. The van der Waals surface area contributed by atoms with Gasteiger partial charge in [0.1, 0.15) is 0 Å². The van der Waals surface area contributed by atoms with E-state index in [1.165, 1.54) is 25.1 Å². The van der Waals surface area contributed by atoms with E-state index in [2.05, 4.69) is 10.6 Å². The van der Waals surface area contributed by atoms with E-state index in [0.29, 0.717) is 5.02 Å². The van der Waals surface area contributed by atoms with Crippen molar-refractivity contribution in [2.75, 3.05) is 5.73 Å². The fraction of sp³-hybridized carbons (Fsp3) is 0.357. The van der Waals surface area contributed by atoms with Crippen molar-refractivity contribution >= 4 is 35.2 Å². The van der Waals surface area contributed by atoms with Crippen LogP contribution in [0.25, 0.3) is 0 Å². The SMILES string of the molecule is CC(C)NC(=O)NC(=O)[C@@H](C)OC(=O)c1ccc(Cl)cc1N. The van der Waals surface area contributed by atoms with Gasteiger partial charge in [-0.2, -0.15) is 0 Å². The molecule has 0 radical (unpaired) electrons. The Morgan fingerprint density at radius 2 is 1.86 bits per heavy atom. The fourth-order valence-corrected chi connectivity index (χ4v) is 1.69. The normalized spacial score (nSPS) is 11.7. The van der Waals surface area contributed by atoms with Crippen molar-refractivity contribution < 1.29 is 19.1 Å². The number of esters is 1. The first-order chi connectivity index (χ1) is 10.2. The summed E-state index contributed by atoms with van der Waals surface area (Å²) in [7, 11) is 0. The van der Waals surface area contributed by atoms with Gasteiger partial charge in [-0.3, -0.25) is 10.1 Å². The molecule has 3 amide bonds. The van der Waals surface area contributed by atoms with Gasteiger partial charge in [-0.15, -0.1) is 0 Å². The minimum Gasteiger partial charge on any atom is -0.449 e. The van der Waals surface area contributed by atoms with Gasteiger partial charge in [0.05, 0.1) is 5.56 Å². The quantitative estimate of drug-likeness (QED) is 0.576. The standard InChI is InChI=1S/C14H18ClN3O4/c1-7(2)17-14(21)18-12(19)8(3)22-13(20)10-5-4-9(15)6-11(10)16/h4-8H,16H2,1-3H3,(H2,17,18,19,21)/t8-/m1/s1. The number of carbonyl (C=O) groups excluding carboxylic acids is 3. The zero-order chi connectivity index (χ0) is 16.9. The zero-order valence-electron chi connectivity index (χ0n) is 12.5. The summed E-state index contributed by atoms with van der Waals surface area (Å²) >= 11 is 5.74. The smallest absolute Gasteiger partial charge is 0.341 e. The first-order valence-electron chi connectivity index (χ1n) is 6.58. The molecule has 0 aromatic heterocycles. The molecule has 0 saturated heterocycles. The molecule has 0 bridgehead atoms. The number of hydrogen-bond acceptors (Lipinski definition) is 5. The summed E-state index contributed by atoms with van der Waals surface area (Å²) in [5.41, 5.74) is 5.89. The number of imide groups is 1. The number of rotatable bonds is 4. The van der Waals surface area contributed by atoms with Crippen LogP contribution in [0.15, 0.2) is 18.2 Å². The van der Waals surface area contributed by atoms with Crippen molar-refractivity contribution in [1.29, 1.82) is 0 Å². The van der Waals surface area contributed by atoms with Gasteiger partial charge in [-0.1, -0.05) is 11.6 Å². The fourth-order valence-electron chi connectivity index (χ4n) is 1.51. The second-order valence-corrected chi connectivity index (χ2v) is 5.33. The van der Waals surface area contributed by atoms with Gasteiger partial charge < -0.3 is 15.8 Å². The summed E-state index contributed by atoms with van der Waals surface area (Å²) < 4.78 is 4.97. The molecule has 4 N–H and O–H groups in total. The number of hydrogen-bond donors (Lipinski definition) is 3. The Morgan fingerprint density at radius 1 is 1.23 bits per heavy atom. The van der Waals surface area contributed by atoms with Gasteiger partial charge in [0.25, 0.3) is 5.91 Å². The molecule has 0 fully saturated rings. The number of carbonyl (C=O) groups is 3. The van der Waals surface area contributed by atoms with Gasteiger partial charge in [-0.05, 0) is 39.0 Å². The van der Waals surface area contributed by atoms with Gasteiger partial charge in [0, 0.05) is 16.8 Å². The van der Waals surface area contributed by atoms with E-state index in [4.69, 9.17) is 22.1 Å². The van der Waals surface area contributed by atoms with Crippen LogP contribution >= 0.6 is 11.6 Å². The molecule has 0 saturated carbocycles. The molecule has 0 unspecified atom stereocenters. The van der Waals surface area contributed by atoms with E-state index in [-0.39, 0.29) is 17.3 Å². The molecule has 1 rings (SSSR count). The van der Waals surface area contributed by atoms with Gasteiger partial charge in [0.2, 0.25) is 0 Å². The molecule has 1 aromatic rings. The number of halogens is 1. The monoisotopic (exact) mass is 327 g/mol. The summed E-state index contributed by atoms with van der Waals surface area (Å²) in [6.07, 6.45) is -1.15. The van der Waals surface area contributed by atoms with Crippen molar-refractivity contribution in [2.45, 2.75) is 32.9 Å². The van der Waals surface area contributed by atoms with Crippen LogP contribution in [0.2, 0.25) is 5.02 Å². The first kappa shape index (κ1) is 17.8. The third-order valence-corrected chi connectivity index (χ3v) is 2.78. The van der Waals surface area contributed by atoms with Crippen molar-refractivity contribution in [3.05, 3.63) is 28.8 Å². The van der Waals surface area contributed by atoms with Crippen LogP contribution in [0.5, 0.6) is 0 Å². The lowest BCUT2D eigenvalue weighted by Crippen LogP contribution is -2.46. The lowest BCUT2D eigenvalue weighted by Gasteiger charge is -2.15. The van der Waals surface area contributed by atoms with Gasteiger partial charge in [0.15, 0.2) is 6.10 Å². The predicted octanol–water partition coefficient (Wildman–Crippen LogP) is 1.70. The molecule has 0 aliphatic carbocycles. The van der Waals surface area contributed by atoms with E-state index in [1.807, 2.05) is 0 Å². The molecular formula is C14H18ClN3O4. The highest BCUT2D eigenvalue weighted by molar-refractivity contribution is 6.31. The van der Waals surface area contributed by atoms with Crippen LogP contribution in [-0.2, 0) is 9.53 Å². The Balaban J connectivity index is 2.63. The van der Waals surface area contributed by atoms with Crippen LogP contribution in [0.1, 0.15) is 31.1 Å². The molecule has 1 atom stereocenters. The zero-order valence-corrected chi connectivity index (χ0v) is 13.2. The molecule has 8 heteroatoms. The highest BCUT2D eigenvalue weighted by Gasteiger charge is 2.22. The Bertz CT molecular complexity index is 589. The molecule has 22 heavy (non-hydrogen) atoms. The van der Waals surface area contributed by atoms with Crippen LogP contribution in [0.4, 0.5) is 10.5 Å². The Kier molecular flexibility index (Phi) is 6.18. The van der Waals surface area contributed by atoms with E-state index < -0.39 is 24.0 Å². The third-order valence-electron chi connectivity index (χ3n) is 2.54. The van der Waals surface area contributed by atoms with Crippen LogP contribution in [0, 0.1) is 0 Å². The number of amides is 3. The highest BCUT2D eigenvalue weighted by atomic mass is 35.5. The van der Waals surface area contributed by atoms with Crippen molar-refractivity contribution in [3.8, 4) is 0 Å². The number of urea groups is 1. The minimum atomic E-state index is -1.15. The second-order valence-electron chi connectivity index (χ2n) is 4.90. The largest absolute Gasteiger partial charge is 0.449 e. The number of nitrogens with two attached hydrogens (primary N) is 1. The number of ether oxygens (including phenoxy) is 1. The number of benzene rings is 1. The summed E-state index contributed by atoms with van der Waals surface area (Å²) in [4.78, 5) is 35.1. The molecule has 0 aliphatic heterocycles. The van der Waals surface area contributed by atoms with Gasteiger partial charge >= 0.3 is 12.0 Å². The summed E-state index contributed by atoms with van der Waals surface area (Å²) in [5.74, 6) is -1.51. The van der Waals surface area contributed by atoms with Crippen LogP contribution < -0.4 is 16.4 Å². The van der Waals surface area contributed by atoms with Crippen molar-refractivity contribution in [1.82, 2.24) is 10.6 Å². The van der Waals surface area contributed by atoms with Crippen LogP contribution in [-0.4, -0.2) is 30.1 Å². The maximum absolute atomic E-state index is 11.9. The summed E-state index contributed by atoms with van der Waals surface area (Å²) in [6.45, 7) is 4.84. The predicted molar refractivity (Wildman–Crippen MR) is 82.6 cm³/mol. The molecule has 0 spiro atoms. The summed E-state index contributed by atoms with van der Waals surface area (Å²) in [6, 6.07) is 3.50. The maximum atomic E-state index is 11.9. The van der Waals surface area contributed by atoms with E-state index in [0.717, 1.165) is 0 Å². The van der Waals surface area contributed by atoms with Gasteiger partial charge in [-0.25, -0.2) is 9.59 Å². The average molecular weight is 328 g/mol. The Hall–Kier alpha value is -2.28. The second kappa shape index (κ2) is 7.65. The average Bonchev–Trinajstić information content (AvgIpc) is 2.36. The molecule has 0 heterocycles. The van der Waals surface area contributed by atoms with Crippen molar-refractivity contribution in [3.63, 3.8) is 0 Å². The molecule has 0 aliphatic rings. The molecule has 1 aromatic carbocycles. The Morgan fingerprint density at radius 3 is 2.41 bits per heavy atom. The lowest BCUT2D eigenvalue weighted by molar-refractivity contribution is -0.127. The Labute approximate surface area is 133 Å². The number of nitrogens with one attached hydrogen (secondary N) is 2. The topological polar surface area (TPSA) is 111 Å². The maximum Gasteiger partial charge on any atom is 0.341 e. The molecular weight excluding hydrogens is 310 g/mol. The van der Waals surface area contributed by atoms with E-state index >= 15 is 0 Å². The summed E-state index contributed by atoms with van der Waals surface area (Å²) in [5, 5.41) is 4.94. The minimum absolute atomic E-state index is 0.0932. The van der Waals surface area contributed by atoms with Crippen LogP contribution in [0.3, 0.4) is 0 Å². The van der Waals surface area contributed by atoms with E-state index in [9.17, 15) is 14.4 Å².